The van der Waals surface area contributed by atoms with E-state index in [4.69, 9.17) is 4.74 Å². The fourth-order valence-corrected chi connectivity index (χ4v) is 3.88. The maximum Gasteiger partial charge on any atom is 0.407 e. The molecule has 2 N–H and O–H groups in total. The molecule has 28 heavy (non-hydrogen) atoms. The molecule has 1 aliphatic rings. The highest BCUT2D eigenvalue weighted by Gasteiger charge is 2.42. The van der Waals surface area contributed by atoms with E-state index in [1.165, 1.54) is 6.08 Å². The number of benzene rings is 1. The monoisotopic (exact) mass is 401 g/mol. The number of amides is 2. The van der Waals surface area contributed by atoms with E-state index in [1.54, 1.807) is 17.4 Å². The predicted molar refractivity (Wildman–Crippen MR) is 112 cm³/mol. The van der Waals surface area contributed by atoms with Gasteiger partial charge < -0.3 is 15.4 Å². The highest BCUT2D eigenvalue weighted by atomic mass is 32.1. The smallest absolute Gasteiger partial charge is 0.407 e. The molecule has 1 atom stereocenters. The Kier molecular flexibility index (Phi) is 5.74. The number of nitrogens with one attached hydrogen (secondary N) is 2. The largest absolute Gasteiger partial charge is 0.444 e. The number of aromatic nitrogens is 1. The van der Waals surface area contributed by atoms with Gasteiger partial charge in [0.2, 0.25) is 5.91 Å². The van der Waals surface area contributed by atoms with Crippen LogP contribution in [0.1, 0.15) is 45.5 Å². The Bertz CT molecular complexity index is 863. The lowest BCUT2D eigenvalue weighted by Gasteiger charge is -2.31. The lowest BCUT2D eigenvalue weighted by molar-refractivity contribution is -0.118. The Morgan fingerprint density at radius 2 is 1.96 bits per heavy atom. The molecule has 2 aromatic rings. The Balaban J connectivity index is 1.59. The molecule has 1 aliphatic carbocycles. The van der Waals surface area contributed by atoms with Gasteiger partial charge in [-0.15, -0.1) is 11.3 Å². The number of alkyl carbamates (subject to hydrolysis) is 1. The number of hydrogen-bond acceptors (Lipinski definition) is 5. The number of hydrogen-bond donors (Lipinski definition) is 2. The molecule has 0 spiro atoms. The van der Waals surface area contributed by atoms with Gasteiger partial charge in [0, 0.05) is 12.6 Å². The highest BCUT2D eigenvalue weighted by molar-refractivity contribution is 7.19. The van der Waals surface area contributed by atoms with Crippen LogP contribution >= 0.6 is 11.3 Å². The van der Waals surface area contributed by atoms with Gasteiger partial charge in [-0.1, -0.05) is 12.1 Å². The minimum Gasteiger partial charge on any atom is -0.444 e. The number of rotatable bonds is 6. The molecule has 1 saturated carbocycles. The summed E-state index contributed by atoms with van der Waals surface area (Å²) in [6, 6.07) is 7.88. The SMILES string of the molecule is CC(C)(C)OC(=O)NCC(C)(NC(=O)C=Cc1nc2ccccc2s1)C1CC1. The molecule has 0 aliphatic heterocycles. The minimum absolute atomic E-state index is 0.195. The summed E-state index contributed by atoms with van der Waals surface area (Å²) in [7, 11) is 0. The molecule has 1 unspecified atom stereocenters. The van der Waals surface area contributed by atoms with Crippen LogP contribution in [0, 0.1) is 5.92 Å². The first kappa shape index (κ1) is 20.3. The Labute approximate surface area is 169 Å². The topological polar surface area (TPSA) is 80.3 Å². The lowest BCUT2D eigenvalue weighted by atomic mass is 9.95. The summed E-state index contributed by atoms with van der Waals surface area (Å²) in [4.78, 5) is 29.0. The van der Waals surface area contributed by atoms with Gasteiger partial charge >= 0.3 is 6.09 Å². The van der Waals surface area contributed by atoms with Crippen LogP contribution in [-0.2, 0) is 9.53 Å². The number of fused-ring (bicyclic) bond motifs is 1. The number of nitrogens with zero attached hydrogens (tertiary/aromatic N) is 1. The quantitative estimate of drug-likeness (QED) is 0.714. The number of carbonyl (C=O) groups is 2. The molecule has 3 rings (SSSR count). The molecule has 1 fully saturated rings. The van der Waals surface area contributed by atoms with E-state index in [0.717, 1.165) is 28.1 Å². The maximum absolute atomic E-state index is 12.5. The summed E-state index contributed by atoms with van der Waals surface area (Å²) in [5.74, 6) is 0.155. The Morgan fingerprint density at radius 3 is 2.61 bits per heavy atom. The molecular weight excluding hydrogens is 374 g/mol. The summed E-state index contributed by atoms with van der Waals surface area (Å²) < 4.78 is 6.38. The van der Waals surface area contributed by atoms with Gasteiger partial charge in [-0.25, -0.2) is 9.78 Å². The summed E-state index contributed by atoms with van der Waals surface area (Å²) in [5, 5.41) is 6.63. The number of thiazole rings is 1. The second-order valence-electron chi connectivity index (χ2n) is 8.39. The van der Waals surface area contributed by atoms with E-state index < -0.39 is 17.2 Å². The van der Waals surface area contributed by atoms with E-state index in [2.05, 4.69) is 15.6 Å². The molecule has 1 aromatic heterocycles. The van der Waals surface area contributed by atoms with Crippen molar-refractivity contribution in [3.8, 4) is 0 Å². The second-order valence-corrected chi connectivity index (χ2v) is 9.45. The molecule has 0 bridgehead atoms. The van der Waals surface area contributed by atoms with Gasteiger partial charge in [0.05, 0.1) is 15.8 Å². The third-order valence-electron chi connectivity index (χ3n) is 4.57. The van der Waals surface area contributed by atoms with Gasteiger partial charge in [0.15, 0.2) is 0 Å². The summed E-state index contributed by atoms with van der Waals surface area (Å²) in [5.41, 5.74) is -0.133. The van der Waals surface area contributed by atoms with Crippen LogP contribution < -0.4 is 10.6 Å². The molecule has 1 heterocycles. The molecule has 6 nitrogen and oxygen atoms in total. The Hall–Kier alpha value is -2.41. The molecule has 0 radical (unpaired) electrons. The standard InChI is InChI=1S/C21H27N3O3S/c1-20(2,3)27-19(26)22-13-21(4,14-9-10-14)24-17(25)11-12-18-23-15-7-5-6-8-16(15)28-18/h5-8,11-12,14H,9-10,13H2,1-4H3,(H,22,26)(H,24,25). The third-order valence-corrected chi connectivity index (χ3v) is 5.58. The van der Waals surface area contributed by atoms with Crippen molar-refractivity contribution in [1.29, 1.82) is 0 Å². The average molecular weight is 402 g/mol. The van der Waals surface area contributed by atoms with Gasteiger partial charge in [-0.05, 0) is 64.7 Å². The maximum atomic E-state index is 12.5. The fourth-order valence-electron chi connectivity index (χ4n) is 3.01. The first-order valence-corrected chi connectivity index (χ1v) is 10.3. The first-order chi connectivity index (χ1) is 13.1. The van der Waals surface area contributed by atoms with Crippen molar-refractivity contribution in [2.75, 3.05) is 6.54 Å². The van der Waals surface area contributed by atoms with Crippen LogP contribution in [0.4, 0.5) is 4.79 Å². The normalized spacial score (nSPS) is 16.7. The van der Waals surface area contributed by atoms with E-state index in [1.807, 2.05) is 52.0 Å². The van der Waals surface area contributed by atoms with Crippen molar-refractivity contribution in [3.05, 3.63) is 35.3 Å². The van der Waals surface area contributed by atoms with Gasteiger partial charge in [0.25, 0.3) is 0 Å². The lowest BCUT2D eigenvalue weighted by Crippen LogP contribution is -2.55. The van der Waals surface area contributed by atoms with Crippen molar-refractivity contribution in [2.24, 2.45) is 5.92 Å². The minimum atomic E-state index is -0.552. The van der Waals surface area contributed by atoms with Gasteiger partial charge in [-0.3, -0.25) is 4.79 Å². The molecule has 7 heteroatoms. The second kappa shape index (κ2) is 7.91. The molecule has 150 valence electrons. The third kappa shape index (κ3) is 5.55. The molecular formula is C21H27N3O3S. The zero-order valence-electron chi connectivity index (χ0n) is 16.7. The number of para-hydroxylation sites is 1. The van der Waals surface area contributed by atoms with Crippen LogP contribution in [0.2, 0.25) is 0 Å². The predicted octanol–water partition coefficient (Wildman–Crippen LogP) is 4.12. The van der Waals surface area contributed by atoms with Crippen LogP contribution in [0.3, 0.4) is 0 Å². The zero-order chi connectivity index (χ0) is 20.4. The van der Waals surface area contributed by atoms with Crippen molar-refractivity contribution < 1.29 is 14.3 Å². The first-order valence-electron chi connectivity index (χ1n) is 9.47. The van der Waals surface area contributed by atoms with E-state index >= 15 is 0 Å². The summed E-state index contributed by atoms with van der Waals surface area (Å²) in [6.07, 6.45) is 4.84. The van der Waals surface area contributed by atoms with E-state index in [-0.39, 0.29) is 5.91 Å². The molecule has 0 saturated heterocycles. The number of carbonyl (C=O) groups excluding carboxylic acids is 2. The number of ether oxygens (including phenoxy) is 1. The summed E-state index contributed by atoms with van der Waals surface area (Å²) in [6.45, 7) is 7.75. The van der Waals surface area contributed by atoms with Gasteiger partial charge in [0.1, 0.15) is 10.6 Å². The fraction of sp³-hybridized carbons (Fsp3) is 0.476. The van der Waals surface area contributed by atoms with Gasteiger partial charge in [-0.2, -0.15) is 0 Å². The van der Waals surface area contributed by atoms with Crippen LogP contribution in [-0.4, -0.2) is 34.7 Å². The summed E-state index contributed by atoms with van der Waals surface area (Å²) >= 11 is 1.54. The van der Waals surface area contributed by atoms with Crippen molar-refractivity contribution in [3.63, 3.8) is 0 Å². The van der Waals surface area contributed by atoms with Crippen molar-refractivity contribution >= 4 is 39.6 Å². The van der Waals surface area contributed by atoms with E-state index in [0.29, 0.717) is 12.5 Å². The average Bonchev–Trinajstić information content (AvgIpc) is 3.37. The molecule has 2 amide bonds. The molecule has 1 aromatic carbocycles. The van der Waals surface area contributed by atoms with Crippen LogP contribution in [0.5, 0.6) is 0 Å². The van der Waals surface area contributed by atoms with Crippen molar-refractivity contribution in [1.82, 2.24) is 15.6 Å². The zero-order valence-corrected chi connectivity index (χ0v) is 17.6. The van der Waals surface area contributed by atoms with Crippen LogP contribution in [0.25, 0.3) is 16.3 Å². The highest BCUT2D eigenvalue weighted by Crippen LogP contribution is 2.39. The van der Waals surface area contributed by atoms with Crippen LogP contribution in [0.15, 0.2) is 30.3 Å². The van der Waals surface area contributed by atoms with E-state index in [9.17, 15) is 9.59 Å². The van der Waals surface area contributed by atoms with Crippen molar-refractivity contribution in [2.45, 2.75) is 51.7 Å². The Morgan fingerprint density at radius 1 is 1.25 bits per heavy atom.